The van der Waals surface area contributed by atoms with E-state index in [-0.39, 0.29) is 35.6 Å². The number of rotatable bonds is 2. The lowest BCUT2D eigenvalue weighted by molar-refractivity contribution is -0.185. The second-order valence-electron chi connectivity index (χ2n) is 9.89. The van der Waals surface area contributed by atoms with Crippen LogP contribution in [0.1, 0.15) is 65.2 Å². The third-order valence-corrected chi connectivity index (χ3v) is 8.94. The first-order valence-corrected chi connectivity index (χ1v) is 9.72. The van der Waals surface area contributed by atoms with E-state index in [0.29, 0.717) is 25.7 Å². The van der Waals surface area contributed by atoms with Crippen LogP contribution in [0.25, 0.3) is 0 Å². The molecule has 4 fully saturated rings. The Balaban J connectivity index is 1.79. The molecule has 0 aromatic rings. The van der Waals surface area contributed by atoms with Crippen LogP contribution in [0.15, 0.2) is 0 Å². The molecule has 0 amide bonds. The molecule has 0 radical (unpaired) electrons. The van der Waals surface area contributed by atoms with Crippen molar-refractivity contribution < 1.29 is 24.9 Å². The molecule has 140 valence electrons. The molecule has 0 heterocycles. The number of ketones is 1. The van der Waals surface area contributed by atoms with Crippen LogP contribution < -0.4 is 0 Å². The van der Waals surface area contributed by atoms with Crippen molar-refractivity contribution in [2.45, 2.75) is 70.8 Å². The van der Waals surface area contributed by atoms with Gasteiger partial charge in [0.2, 0.25) is 0 Å². The Morgan fingerprint density at radius 1 is 1.20 bits per heavy atom. The monoisotopic (exact) mass is 350 g/mol. The molecule has 4 aliphatic carbocycles. The fourth-order valence-corrected chi connectivity index (χ4v) is 7.66. The molecule has 0 unspecified atom stereocenters. The standard InChI is InChI=1S/C20H30O5/c1-17-6-3-7-18(2,16(23)24)14(17)8-15(22)19-9-12(4-5-13(17)19)20(25,10-19)11-21/h12-14,21,25H,3-11H2,1-2H3,(H,23,24)/t12-,13+,14+,17+,18-,19-,20+/m1/s1. The summed E-state index contributed by atoms with van der Waals surface area (Å²) in [6.07, 6.45) is 5.50. The van der Waals surface area contributed by atoms with Gasteiger partial charge < -0.3 is 15.3 Å². The Kier molecular flexibility index (Phi) is 3.54. The van der Waals surface area contributed by atoms with Crippen molar-refractivity contribution in [3.8, 4) is 0 Å². The Bertz CT molecular complexity index is 632. The van der Waals surface area contributed by atoms with Crippen molar-refractivity contribution >= 4 is 11.8 Å². The first-order chi connectivity index (χ1) is 11.6. The van der Waals surface area contributed by atoms with Gasteiger partial charge in [-0.25, -0.2) is 0 Å². The van der Waals surface area contributed by atoms with Gasteiger partial charge in [0.05, 0.1) is 17.6 Å². The fourth-order valence-electron chi connectivity index (χ4n) is 7.66. The maximum absolute atomic E-state index is 13.3. The second kappa shape index (κ2) is 5.07. The number of aliphatic hydroxyl groups is 2. The Hall–Kier alpha value is -0.940. The Morgan fingerprint density at radius 2 is 1.92 bits per heavy atom. The van der Waals surface area contributed by atoms with Crippen molar-refractivity contribution in [3.05, 3.63) is 0 Å². The fraction of sp³-hybridized carbons (Fsp3) is 0.900. The van der Waals surface area contributed by atoms with Crippen LogP contribution in [0, 0.1) is 34.0 Å². The summed E-state index contributed by atoms with van der Waals surface area (Å²) in [5.74, 6) is -0.648. The average molecular weight is 350 g/mol. The normalized spacial score (nSPS) is 54.7. The lowest BCUT2D eigenvalue weighted by Gasteiger charge is -2.62. The van der Waals surface area contributed by atoms with Gasteiger partial charge in [-0.2, -0.15) is 0 Å². The summed E-state index contributed by atoms with van der Waals surface area (Å²) < 4.78 is 0. The van der Waals surface area contributed by atoms with Gasteiger partial charge in [-0.3, -0.25) is 9.59 Å². The van der Waals surface area contributed by atoms with E-state index in [1.54, 1.807) is 0 Å². The zero-order valence-electron chi connectivity index (χ0n) is 15.3. The van der Waals surface area contributed by atoms with Crippen LogP contribution in [0.2, 0.25) is 0 Å². The van der Waals surface area contributed by atoms with Gasteiger partial charge in [-0.15, -0.1) is 0 Å². The molecule has 1 spiro atoms. The molecule has 4 saturated carbocycles. The molecule has 4 rings (SSSR count). The van der Waals surface area contributed by atoms with Crippen molar-refractivity contribution in [3.63, 3.8) is 0 Å². The summed E-state index contributed by atoms with van der Waals surface area (Å²) in [7, 11) is 0. The summed E-state index contributed by atoms with van der Waals surface area (Å²) in [4.78, 5) is 25.4. The van der Waals surface area contributed by atoms with Crippen LogP contribution in [-0.2, 0) is 9.59 Å². The van der Waals surface area contributed by atoms with Crippen molar-refractivity contribution in [2.75, 3.05) is 6.61 Å². The molecular weight excluding hydrogens is 320 g/mol. The van der Waals surface area contributed by atoms with Crippen LogP contribution in [-0.4, -0.2) is 39.3 Å². The molecule has 0 aliphatic heterocycles. The van der Waals surface area contributed by atoms with Crippen molar-refractivity contribution in [1.82, 2.24) is 0 Å². The lowest BCUT2D eigenvalue weighted by Crippen LogP contribution is -2.61. The predicted molar refractivity (Wildman–Crippen MR) is 90.7 cm³/mol. The third-order valence-electron chi connectivity index (χ3n) is 8.94. The SMILES string of the molecule is C[C@@]12CCC[C@@](C)(C(=O)O)[C@H]1CC(=O)[C@@]13C[C@@H](CC[C@H]12)[C@@](O)(CO)C3. The Labute approximate surface area is 148 Å². The Morgan fingerprint density at radius 3 is 2.56 bits per heavy atom. The minimum atomic E-state index is -1.14. The van der Waals surface area contributed by atoms with Gasteiger partial charge in [0.1, 0.15) is 5.78 Å². The highest BCUT2D eigenvalue weighted by Crippen LogP contribution is 2.71. The lowest BCUT2D eigenvalue weighted by atomic mass is 9.40. The van der Waals surface area contributed by atoms with Crippen LogP contribution in [0.4, 0.5) is 0 Å². The average Bonchev–Trinajstić information content (AvgIpc) is 2.78. The predicted octanol–water partition coefficient (Wildman–Crippen LogP) is 2.39. The summed E-state index contributed by atoms with van der Waals surface area (Å²) in [5.41, 5.74) is -2.71. The molecule has 0 aromatic heterocycles. The molecule has 0 saturated heterocycles. The number of aliphatic carboxylic acids is 1. The molecule has 3 N–H and O–H groups in total. The quantitative estimate of drug-likeness (QED) is 0.711. The maximum Gasteiger partial charge on any atom is 0.309 e. The third kappa shape index (κ3) is 1.97. The van der Waals surface area contributed by atoms with E-state index in [1.807, 2.05) is 6.92 Å². The number of fused-ring (bicyclic) bond motifs is 3. The number of hydrogen-bond donors (Lipinski definition) is 3. The zero-order valence-corrected chi connectivity index (χ0v) is 15.3. The van der Waals surface area contributed by atoms with E-state index in [0.717, 1.165) is 25.7 Å². The van der Waals surface area contributed by atoms with Gasteiger partial charge in [-0.05, 0) is 68.6 Å². The van der Waals surface area contributed by atoms with E-state index in [4.69, 9.17) is 0 Å². The molecule has 5 heteroatoms. The number of carboxylic acids is 1. The minimum absolute atomic E-state index is 0.00713. The van der Waals surface area contributed by atoms with Gasteiger partial charge in [0, 0.05) is 11.8 Å². The molecule has 7 atom stereocenters. The van der Waals surface area contributed by atoms with E-state index < -0.39 is 22.4 Å². The van der Waals surface area contributed by atoms with Crippen LogP contribution >= 0.6 is 0 Å². The summed E-state index contributed by atoms with van der Waals surface area (Å²) >= 11 is 0. The van der Waals surface area contributed by atoms with Gasteiger partial charge in [-0.1, -0.05) is 13.3 Å². The topological polar surface area (TPSA) is 94.8 Å². The zero-order chi connectivity index (χ0) is 18.3. The number of aliphatic hydroxyl groups excluding tert-OH is 1. The van der Waals surface area contributed by atoms with Crippen LogP contribution in [0.5, 0.6) is 0 Å². The van der Waals surface area contributed by atoms with E-state index in [2.05, 4.69) is 6.92 Å². The summed E-state index contributed by atoms with van der Waals surface area (Å²) in [6.45, 7) is 3.74. The molecule has 2 bridgehead atoms. The maximum atomic E-state index is 13.3. The van der Waals surface area contributed by atoms with E-state index in [9.17, 15) is 24.9 Å². The van der Waals surface area contributed by atoms with Crippen molar-refractivity contribution in [1.29, 1.82) is 0 Å². The first kappa shape index (κ1) is 17.5. The molecule has 4 aliphatic rings. The highest BCUT2D eigenvalue weighted by molar-refractivity contribution is 5.89. The second-order valence-corrected chi connectivity index (χ2v) is 9.89. The number of Topliss-reactive ketones (excluding diaryl/α,β-unsaturated/α-hetero) is 1. The summed E-state index contributed by atoms with van der Waals surface area (Å²) in [6, 6.07) is 0. The van der Waals surface area contributed by atoms with Crippen LogP contribution in [0.3, 0.4) is 0 Å². The number of carbonyl (C=O) groups excluding carboxylic acids is 1. The van der Waals surface area contributed by atoms with Gasteiger partial charge >= 0.3 is 5.97 Å². The molecule has 0 aromatic carbocycles. The number of carbonyl (C=O) groups is 2. The molecule has 5 nitrogen and oxygen atoms in total. The van der Waals surface area contributed by atoms with Crippen molar-refractivity contribution in [2.24, 2.45) is 34.0 Å². The number of hydrogen-bond acceptors (Lipinski definition) is 4. The minimum Gasteiger partial charge on any atom is -0.481 e. The van der Waals surface area contributed by atoms with Gasteiger partial charge in [0.15, 0.2) is 0 Å². The largest absolute Gasteiger partial charge is 0.481 e. The molecule has 25 heavy (non-hydrogen) atoms. The van der Waals surface area contributed by atoms with E-state index >= 15 is 0 Å². The highest BCUT2D eigenvalue weighted by atomic mass is 16.4. The smallest absolute Gasteiger partial charge is 0.309 e. The molecular formula is C20H30O5. The first-order valence-electron chi connectivity index (χ1n) is 9.72. The van der Waals surface area contributed by atoms with Gasteiger partial charge in [0.25, 0.3) is 0 Å². The number of carboxylic acid groups (broad SMARTS) is 1. The van der Waals surface area contributed by atoms with E-state index in [1.165, 1.54) is 0 Å². The summed E-state index contributed by atoms with van der Waals surface area (Å²) in [5, 5.41) is 30.6. The highest BCUT2D eigenvalue weighted by Gasteiger charge is 2.71.